The average molecular weight is 220 g/mol. The second kappa shape index (κ2) is 7.42. The number of likely N-dealkylation sites (N-methyl/N-ethyl adjacent to an activating group) is 1. The number of nitrogens with one attached hydrogen (secondary N) is 1. The van der Waals surface area contributed by atoms with Gasteiger partial charge in [0.05, 0.1) is 0 Å². The summed E-state index contributed by atoms with van der Waals surface area (Å²) in [5.74, 6) is 0. The highest BCUT2D eigenvalue weighted by Crippen LogP contribution is 2.04. The van der Waals surface area contributed by atoms with Crippen molar-refractivity contribution in [2.24, 2.45) is 0 Å². The van der Waals surface area contributed by atoms with Crippen molar-refractivity contribution in [2.75, 3.05) is 26.7 Å². The standard InChI is InChI=1S/C14H24N2/c1-4-13-6-8-14(9-7-13)12-15-10-11-16(3)5-2/h6-9,15H,4-5,10-12H2,1-3H3. The van der Waals surface area contributed by atoms with Gasteiger partial charge in [0.25, 0.3) is 0 Å². The Hall–Kier alpha value is -0.860. The summed E-state index contributed by atoms with van der Waals surface area (Å²) in [6, 6.07) is 8.87. The molecule has 0 saturated carbocycles. The predicted octanol–water partition coefficient (Wildman–Crippen LogP) is 2.29. The fourth-order valence-corrected chi connectivity index (χ4v) is 1.55. The minimum atomic E-state index is 0.974. The summed E-state index contributed by atoms with van der Waals surface area (Å²) in [6.45, 7) is 8.63. The van der Waals surface area contributed by atoms with Gasteiger partial charge >= 0.3 is 0 Å². The van der Waals surface area contributed by atoms with Crippen molar-refractivity contribution in [1.29, 1.82) is 0 Å². The van der Waals surface area contributed by atoms with Crippen molar-refractivity contribution in [1.82, 2.24) is 10.2 Å². The van der Waals surface area contributed by atoms with Crippen LogP contribution >= 0.6 is 0 Å². The van der Waals surface area contributed by atoms with Crippen molar-refractivity contribution in [3.8, 4) is 0 Å². The third-order valence-corrected chi connectivity index (χ3v) is 2.97. The van der Waals surface area contributed by atoms with E-state index >= 15 is 0 Å². The molecule has 1 aromatic carbocycles. The Morgan fingerprint density at radius 3 is 2.25 bits per heavy atom. The van der Waals surface area contributed by atoms with Gasteiger partial charge < -0.3 is 10.2 Å². The quantitative estimate of drug-likeness (QED) is 0.709. The number of hydrogen-bond donors (Lipinski definition) is 1. The molecule has 0 unspecified atom stereocenters. The van der Waals surface area contributed by atoms with Crippen molar-refractivity contribution >= 4 is 0 Å². The van der Waals surface area contributed by atoms with E-state index in [-0.39, 0.29) is 0 Å². The minimum Gasteiger partial charge on any atom is -0.311 e. The largest absolute Gasteiger partial charge is 0.311 e. The first-order valence-electron chi connectivity index (χ1n) is 6.23. The molecule has 0 fully saturated rings. The third kappa shape index (κ3) is 4.77. The van der Waals surface area contributed by atoms with Crippen LogP contribution in [0.25, 0.3) is 0 Å². The molecule has 1 aromatic rings. The highest BCUT2D eigenvalue weighted by molar-refractivity contribution is 5.22. The molecule has 0 aliphatic heterocycles. The highest BCUT2D eigenvalue weighted by atomic mass is 15.1. The first-order valence-corrected chi connectivity index (χ1v) is 6.23. The topological polar surface area (TPSA) is 15.3 Å². The molecule has 0 aliphatic carbocycles. The van der Waals surface area contributed by atoms with E-state index < -0.39 is 0 Å². The zero-order valence-corrected chi connectivity index (χ0v) is 10.8. The number of benzene rings is 1. The molecule has 0 bridgehead atoms. The molecule has 2 heteroatoms. The van der Waals surface area contributed by atoms with Crippen molar-refractivity contribution in [2.45, 2.75) is 26.8 Å². The zero-order valence-electron chi connectivity index (χ0n) is 10.8. The Labute approximate surface area is 99.7 Å². The van der Waals surface area contributed by atoms with Crippen LogP contribution in [0.4, 0.5) is 0 Å². The van der Waals surface area contributed by atoms with E-state index in [2.05, 4.69) is 55.4 Å². The Balaban J connectivity index is 2.21. The van der Waals surface area contributed by atoms with Crippen LogP contribution in [0.2, 0.25) is 0 Å². The van der Waals surface area contributed by atoms with Crippen LogP contribution in [-0.4, -0.2) is 31.6 Å². The summed E-state index contributed by atoms with van der Waals surface area (Å²) in [7, 11) is 2.15. The Morgan fingerprint density at radius 1 is 1.06 bits per heavy atom. The Kier molecular flexibility index (Phi) is 6.12. The van der Waals surface area contributed by atoms with Crippen molar-refractivity contribution < 1.29 is 0 Å². The van der Waals surface area contributed by atoms with Gasteiger partial charge in [0, 0.05) is 19.6 Å². The van der Waals surface area contributed by atoms with E-state index in [1.54, 1.807) is 0 Å². The van der Waals surface area contributed by atoms with Gasteiger partial charge in [-0.15, -0.1) is 0 Å². The molecule has 0 heterocycles. The van der Waals surface area contributed by atoms with Crippen LogP contribution in [-0.2, 0) is 13.0 Å². The summed E-state index contributed by atoms with van der Waals surface area (Å²) < 4.78 is 0. The molecule has 1 rings (SSSR count). The van der Waals surface area contributed by atoms with Crippen LogP contribution in [0.3, 0.4) is 0 Å². The van der Waals surface area contributed by atoms with Gasteiger partial charge in [0.1, 0.15) is 0 Å². The fourth-order valence-electron chi connectivity index (χ4n) is 1.55. The first-order chi connectivity index (χ1) is 7.76. The van der Waals surface area contributed by atoms with Crippen LogP contribution < -0.4 is 5.32 Å². The molecule has 90 valence electrons. The maximum Gasteiger partial charge on any atom is 0.0206 e. The average Bonchev–Trinajstić information content (AvgIpc) is 2.35. The summed E-state index contributed by atoms with van der Waals surface area (Å²) in [6.07, 6.45) is 1.12. The molecule has 2 nitrogen and oxygen atoms in total. The molecule has 0 saturated heterocycles. The van der Waals surface area contributed by atoms with E-state index in [1.165, 1.54) is 11.1 Å². The number of nitrogens with zero attached hydrogens (tertiary/aromatic N) is 1. The van der Waals surface area contributed by atoms with Gasteiger partial charge in [-0.05, 0) is 31.1 Å². The number of hydrogen-bond acceptors (Lipinski definition) is 2. The fraction of sp³-hybridized carbons (Fsp3) is 0.571. The normalized spacial score (nSPS) is 11.0. The first kappa shape index (κ1) is 13.2. The van der Waals surface area contributed by atoms with Gasteiger partial charge in [-0.3, -0.25) is 0 Å². The molecule has 1 N–H and O–H groups in total. The maximum absolute atomic E-state index is 3.46. The lowest BCUT2D eigenvalue weighted by molar-refractivity contribution is 0.349. The molecule has 0 radical (unpaired) electrons. The van der Waals surface area contributed by atoms with E-state index in [0.717, 1.165) is 32.6 Å². The Morgan fingerprint density at radius 2 is 1.69 bits per heavy atom. The van der Waals surface area contributed by atoms with Crippen LogP contribution in [0.15, 0.2) is 24.3 Å². The number of rotatable bonds is 7. The maximum atomic E-state index is 3.46. The predicted molar refractivity (Wildman–Crippen MR) is 70.7 cm³/mol. The summed E-state index contributed by atoms with van der Waals surface area (Å²) in [5, 5.41) is 3.46. The molecule has 0 aromatic heterocycles. The second-order valence-corrected chi connectivity index (χ2v) is 4.24. The van der Waals surface area contributed by atoms with Crippen LogP contribution in [0.5, 0.6) is 0 Å². The molecule has 0 atom stereocenters. The van der Waals surface area contributed by atoms with Gasteiger partial charge in [0.2, 0.25) is 0 Å². The van der Waals surface area contributed by atoms with Crippen molar-refractivity contribution in [3.05, 3.63) is 35.4 Å². The molecule has 16 heavy (non-hydrogen) atoms. The highest BCUT2D eigenvalue weighted by Gasteiger charge is 1.95. The molecule has 0 amide bonds. The minimum absolute atomic E-state index is 0.974. The third-order valence-electron chi connectivity index (χ3n) is 2.97. The SMILES string of the molecule is CCc1ccc(CNCCN(C)CC)cc1. The van der Waals surface area contributed by atoms with Gasteiger partial charge in [-0.2, -0.15) is 0 Å². The van der Waals surface area contributed by atoms with Gasteiger partial charge in [-0.1, -0.05) is 38.1 Å². The molecular formula is C14H24N2. The Bertz CT molecular complexity index is 279. The second-order valence-electron chi connectivity index (χ2n) is 4.24. The van der Waals surface area contributed by atoms with Crippen LogP contribution in [0, 0.1) is 0 Å². The lowest BCUT2D eigenvalue weighted by Gasteiger charge is -2.14. The molecule has 0 spiro atoms. The van der Waals surface area contributed by atoms with E-state index in [1.807, 2.05) is 0 Å². The zero-order chi connectivity index (χ0) is 11.8. The van der Waals surface area contributed by atoms with E-state index in [0.29, 0.717) is 0 Å². The molecule has 0 aliphatic rings. The van der Waals surface area contributed by atoms with E-state index in [9.17, 15) is 0 Å². The lowest BCUT2D eigenvalue weighted by atomic mass is 10.1. The summed E-state index contributed by atoms with van der Waals surface area (Å²) in [5.41, 5.74) is 2.78. The summed E-state index contributed by atoms with van der Waals surface area (Å²) >= 11 is 0. The van der Waals surface area contributed by atoms with Gasteiger partial charge in [-0.25, -0.2) is 0 Å². The summed E-state index contributed by atoms with van der Waals surface area (Å²) in [4.78, 5) is 2.31. The van der Waals surface area contributed by atoms with E-state index in [4.69, 9.17) is 0 Å². The van der Waals surface area contributed by atoms with Gasteiger partial charge in [0.15, 0.2) is 0 Å². The lowest BCUT2D eigenvalue weighted by Crippen LogP contribution is -2.28. The molecular weight excluding hydrogens is 196 g/mol. The number of aryl methyl sites for hydroxylation is 1. The van der Waals surface area contributed by atoms with Crippen LogP contribution in [0.1, 0.15) is 25.0 Å². The monoisotopic (exact) mass is 220 g/mol. The smallest absolute Gasteiger partial charge is 0.0206 e. The van der Waals surface area contributed by atoms with Crippen molar-refractivity contribution in [3.63, 3.8) is 0 Å².